The van der Waals surface area contributed by atoms with Crippen molar-refractivity contribution in [3.05, 3.63) is 11.1 Å². The molecule has 14 nitrogen and oxygen atoms in total. The average molecular weight is 653 g/mol. The number of carbonyl (C=O) groups is 6. The van der Waals surface area contributed by atoms with Crippen LogP contribution in [0.4, 0.5) is 0 Å². The maximum Gasteiger partial charge on any atom is 0.303 e. The Labute approximate surface area is 267 Å². The molecule has 1 N–H and O–H groups in total. The van der Waals surface area contributed by atoms with Crippen molar-refractivity contribution < 1.29 is 67.0 Å². The van der Waals surface area contributed by atoms with Crippen molar-refractivity contribution in [1.29, 1.82) is 0 Å². The summed E-state index contributed by atoms with van der Waals surface area (Å²) in [5, 5.41) is 12.3. The van der Waals surface area contributed by atoms with Crippen LogP contribution in [0.5, 0.6) is 0 Å². The lowest BCUT2D eigenvalue weighted by Gasteiger charge is -2.65. The number of hydrogen-bond donors (Lipinski definition) is 1. The summed E-state index contributed by atoms with van der Waals surface area (Å²) >= 11 is 0. The number of rotatable bonds is 7. The van der Waals surface area contributed by atoms with Crippen LogP contribution >= 0.6 is 0 Å². The minimum absolute atomic E-state index is 0.0270. The van der Waals surface area contributed by atoms with Crippen LogP contribution in [-0.2, 0) is 61.9 Å². The highest BCUT2D eigenvalue weighted by Gasteiger charge is 2.80. The Morgan fingerprint density at radius 1 is 0.783 bits per heavy atom. The van der Waals surface area contributed by atoms with Crippen molar-refractivity contribution >= 4 is 35.8 Å². The first-order valence-electron chi connectivity index (χ1n) is 15.2. The van der Waals surface area contributed by atoms with Gasteiger partial charge in [0.15, 0.2) is 17.8 Å². The Kier molecular flexibility index (Phi) is 9.16. The van der Waals surface area contributed by atoms with Crippen molar-refractivity contribution in [2.75, 3.05) is 6.61 Å². The van der Waals surface area contributed by atoms with Crippen molar-refractivity contribution in [3.63, 3.8) is 0 Å². The van der Waals surface area contributed by atoms with E-state index in [0.29, 0.717) is 5.57 Å². The van der Waals surface area contributed by atoms with Crippen LogP contribution in [0.15, 0.2) is 11.1 Å². The summed E-state index contributed by atoms with van der Waals surface area (Å²) in [6, 6.07) is 0. The monoisotopic (exact) mass is 652 g/mol. The second-order valence-electron chi connectivity index (χ2n) is 13.5. The van der Waals surface area contributed by atoms with E-state index in [9.17, 15) is 33.9 Å². The second kappa shape index (κ2) is 11.9. The molecule has 14 heteroatoms. The minimum atomic E-state index is -1.84. The van der Waals surface area contributed by atoms with Gasteiger partial charge in [0.1, 0.15) is 24.4 Å². The Balaban J connectivity index is 2.25. The summed E-state index contributed by atoms with van der Waals surface area (Å²) in [5.74, 6) is -5.59. The molecule has 0 radical (unpaired) electrons. The topological polar surface area (TPSA) is 187 Å². The van der Waals surface area contributed by atoms with Gasteiger partial charge in [-0.15, -0.1) is 0 Å². The molecule has 4 aliphatic rings. The third-order valence-electron chi connectivity index (χ3n) is 10.2. The van der Waals surface area contributed by atoms with E-state index >= 15 is 0 Å². The third-order valence-corrected chi connectivity index (χ3v) is 10.2. The Morgan fingerprint density at radius 2 is 1.30 bits per heavy atom. The average Bonchev–Trinajstić information content (AvgIpc) is 3.13. The van der Waals surface area contributed by atoms with Gasteiger partial charge in [-0.1, -0.05) is 6.92 Å². The molecule has 10 atom stereocenters. The molecule has 0 spiro atoms. The lowest BCUT2D eigenvalue weighted by atomic mass is 9.49. The molecule has 0 aromatic carbocycles. The van der Waals surface area contributed by atoms with E-state index in [1.165, 1.54) is 41.5 Å². The van der Waals surface area contributed by atoms with E-state index in [-0.39, 0.29) is 25.0 Å². The molecule has 0 aromatic rings. The fraction of sp³-hybridized carbons (Fsp3) is 0.750. The minimum Gasteiger partial charge on any atom is -0.462 e. The maximum atomic E-state index is 13.1. The molecule has 3 fully saturated rings. The summed E-state index contributed by atoms with van der Waals surface area (Å²) in [4.78, 5) is 76.7. The van der Waals surface area contributed by atoms with Crippen LogP contribution in [0, 0.1) is 16.7 Å². The van der Waals surface area contributed by atoms with Gasteiger partial charge in [-0.3, -0.25) is 28.8 Å². The van der Waals surface area contributed by atoms with Crippen LogP contribution in [0.3, 0.4) is 0 Å². The van der Waals surface area contributed by atoms with Gasteiger partial charge in [0.25, 0.3) is 0 Å². The van der Waals surface area contributed by atoms with Gasteiger partial charge in [-0.2, -0.15) is 0 Å². The summed E-state index contributed by atoms with van der Waals surface area (Å²) < 4.78 is 41.9. The summed E-state index contributed by atoms with van der Waals surface area (Å²) in [5.41, 5.74) is -6.18. The maximum absolute atomic E-state index is 13.1. The van der Waals surface area contributed by atoms with Crippen molar-refractivity contribution in [2.45, 2.75) is 130 Å². The van der Waals surface area contributed by atoms with E-state index < -0.39 is 100 Å². The lowest BCUT2D eigenvalue weighted by Crippen LogP contribution is -2.79. The van der Waals surface area contributed by atoms with Crippen molar-refractivity contribution in [1.82, 2.24) is 0 Å². The summed E-state index contributed by atoms with van der Waals surface area (Å²) in [7, 11) is 0. The highest BCUT2D eigenvalue weighted by Crippen LogP contribution is 2.69. The summed E-state index contributed by atoms with van der Waals surface area (Å²) in [6.07, 6.45) is -7.59. The fourth-order valence-corrected chi connectivity index (χ4v) is 8.71. The Bertz CT molecular complexity index is 1360. The Morgan fingerprint density at radius 3 is 1.74 bits per heavy atom. The standard InChI is InChI=1S/C32H44O14/c1-14-21(41-15(2)33)12-31(29(8,9)39)24(14)25(43-17(4)35)27(44-18(5)36)30(10)22(42-16(3)34)11-23-32(13-40-23,46-20(7)38)26(30)28(31)45-19(6)37/h21-23,25-28,39H,11-13H2,1-10H3/t21-,22-,23+,25+,26-,27-,28-,30-,31-,32-/m0/s1. The molecule has 1 heterocycles. The van der Waals surface area contributed by atoms with E-state index in [1.54, 1.807) is 13.8 Å². The zero-order chi connectivity index (χ0) is 34.7. The first kappa shape index (κ1) is 35.3. The molecule has 3 aliphatic carbocycles. The highest BCUT2D eigenvalue weighted by molar-refractivity contribution is 5.71. The number of carbonyl (C=O) groups excluding carboxylic acids is 6. The number of hydrogen-bond acceptors (Lipinski definition) is 14. The van der Waals surface area contributed by atoms with Crippen LogP contribution in [-0.4, -0.2) is 95.4 Å². The van der Waals surface area contributed by atoms with Gasteiger partial charge in [0, 0.05) is 54.4 Å². The van der Waals surface area contributed by atoms with Gasteiger partial charge in [0.2, 0.25) is 0 Å². The molecule has 46 heavy (non-hydrogen) atoms. The third kappa shape index (κ3) is 5.46. The molecule has 0 bridgehead atoms. The number of aliphatic hydroxyl groups is 1. The van der Waals surface area contributed by atoms with Crippen LogP contribution in [0.2, 0.25) is 0 Å². The largest absolute Gasteiger partial charge is 0.462 e. The van der Waals surface area contributed by atoms with Crippen molar-refractivity contribution in [3.8, 4) is 0 Å². The zero-order valence-electron chi connectivity index (χ0n) is 27.9. The molecule has 4 rings (SSSR count). The van der Waals surface area contributed by atoms with Gasteiger partial charge in [-0.25, -0.2) is 0 Å². The molecule has 1 saturated heterocycles. The quantitative estimate of drug-likeness (QED) is 0.238. The first-order valence-corrected chi connectivity index (χ1v) is 15.2. The molecule has 2 saturated carbocycles. The molecule has 0 aromatic heterocycles. The molecule has 0 unspecified atom stereocenters. The molecular formula is C32H44O14. The van der Waals surface area contributed by atoms with E-state index in [2.05, 4.69) is 0 Å². The summed E-state index contributed by atoms with van der Waals surface area (Å²) in [6.45, 7) is 13.1. The molecule has 1 aliphatic heterocycles. The Hall–Kier alpha value is -3.52. The van der Waals surface area contributed by atoms with Crippen molar-refractivity contribution in [2.24, 2.45) is 16.7 Å². The van der Waals surface area contributed by atoms with E-state index in [4.69, 9.17) is 33.2 Å². The van der Waals surface area contributed by atoms with Gasteiger partial charge >= 0.3 is 35.8 Å². The van der Waals surface area contributed by atoms with Crippen LogP contribution in [0.1, 0.15) is 82.1 Å². The van der Waals surface area contributed by atoms with Crippen LogP contribution in [0.25, 0.3) is 0 Å². The molecule has 0 amide bonds. The predicted octanol–water partition coefficient (Wildman–Crippen LogP) is 1.86. The van der Waals surface area contributed by atoms with E-state index in [0.717, 1.165) is 13.8 Å². The zero-order valence-corrected chi connectivity index (χ0v) is 27.9. The second-order valence-corrected chi connectivity index (χ2v) is 13.5. The first-order chi connectivity index (χ1) is 21.1. The lowest BCUT2D eigenvalue weighted by molar-refractivity contribution is -0.353. The van der Waals surface area contributed by atoms with Crippen LogP contribution < -0.4 is 0 Å². The smallest absolute Gasteiger partial charge is 0.303 e. The molecular weight excluding hydrogens is 608 g/mol. The number of fused-ring (bicyclic) bond motifs is 4. The normalized spacial score (nSPS) is 38.0. The predicted molar refractivity (Wildman–Crippen MR) is 154 cm³/mol. The molecule has 256 valence electrons. The number of esters is 6. The SMILES string of the molecule is CC(=O)O[C@H]1C[C@]2(C(C)(C)O)C(=C1C)[C@@H](OC(C)=O)[C@H](OC(C)=O)[C@@]1(C)[C@@H](OC(C)=O)C[C@H]3OC[C@@]3(OC(C)=O)[C@H]1[C@@H]2OC(C)=O. The van der Waals surface area contributed by atoms with Gasteiger partial charge < -0.3 is 38.3 Å². The van der Waals surface area contributed by atoms with Gasteiger partial charge in [-0.05, 0) is 31.9 Å². The van der Waals surface area contributed by atoms with E-state index in [1.807, 2.05) is 0 Å². The number of ether oxygens (including phenoxy) is 7. The fourth-order valence-electron chi connectivity index (χ4n) is 8.71. The highest BCUT2D eigenvalue weighted by atomic mass is 16.6. The van der Waals surface area contributed by atoms with Gasteiger partial charge in [0.05, 0.1) is 29.0 Å².